The van der Waals surface area contributed by atoms with Gasteiger partial charge in [-0.1, -0.05) is 24.3 Å². The van der Waals surface area contributed by atoms with Crippen molar-refractivity contribution in [3.8, 4) is 0 Å². The van der Waals surface area contributed by atoms with Crippen molar-refractivity contribution in [3.63, 3.8) is 0 Å². The number of aliphatic imine (C=N–C) groups is 1. The number of halogens is 1. The first-order valence-electron chi connectivity index (χ1n) is 8.71. The Kier molecular flexibility index (Phi) is 8.94. The molecule has 7 heteroatoms. The third kappa shape index (κ3) is 6.73. The largest absolute Gasteiger partial charge is 0.381 e. The van der Waals surface area contributed by atoms with Gasteiger partial charge in [0.2, 0.25) is 0 Å². The molecule has 0 saturated carbocycles. The van der Waals surface area contributed by atoms with Crippen molar-refractivity contribution in [2.75, 3.05) is 39.5 Å². The number of benzene rings is 1. The molecule has 0 aromatic heterocycles. The van der Waals surface area contributed by atoms with E-state index in [1.165, 1.54) is 5.56 Å². The Bertz CT molecular complexity index is 544. The number of hydrogen-bond donors (Lipinski definition) is 1. The Morgan fingerprint density at radius 3 is 2.56 bits per heavy atom. The predicted octanol–water partition coefficient (Wildman–Crippen LogP) is 2.15. The topological polar surface area (TPSA) is 69.3 Å². The standard InChI is InChI=1S/C18H27N3O3.HI/c19-18(21-6-10-23-11-7-21)20-13-15-2-1-3-16(12-15)14-24-17-4-8-22-9-5-17;/h1-3,12,17H,4-11,13-14H2,(H2,19,20);1H. The molecule has 6 nitrogen and oxygen atoms in total. The summed E-state index contributed by atoms with van der Waals surface area (Å²) in [6.45, 7) is 5.91. The minimum Gasteiger partial charge on any atom is -0.381 e. The zero-order chi connectivity index (χ0) is 16.6. The van der Waals surface area contributed by atoms with Crippen LogP contribution < -0.4 is 5.73 Å². The Hall–Kier alpha value is -0.900. The van der Waals surface area contributed by atoms with E-state index in [0.29, 0.717) is 25.2 Å². The molecule has 1 aromatic rings. The zero-order valence-corrected chi connectivity index (χ0v) is 16.9. The van der Waals surface area contributed by atoms with Crippen LogP contribution >= 0.6 is 24.0 Å². The summed E-state index contributed by atoms with van der Waals surface area (Å²) < 4.78 is 16.7. The number of hydrogen-bond acceptors (Lipinski definition) is 4. The van der Waals surface area contributed by atoms with Gasteiger partial charge < -0.3 is 24.8 Å². The summed E-state index contributed by atoms with van der Waals surface area (Å²) in [6.07, 6.45) is 2.29. The van der Waals surface area contributed by atoms with E-state index < -0.39 is 0 Å². The van der Waals surface area contributed by atoms with Crippen LogP contribution in [0.5, 0.6) is 0 Å². The van der Waals surface area contributed by atoms with E-state index in [2.05, 4.69) is 34.2 Å². The van der Waals surface area contributed by atoms with Gasteiger partial charge in [0.25, 0.3) is 0 Å². The first kappa shape index (κ1) is 20.4. The highest BCUT2D eigenvalue weighted by Crippen LogP contribution is 2.14. The summed E-state index contributed by atoms with van der Waals surface area (Å²) in [5.74, 6) is 0.599. The van der Waals surface area contributed by atoms with Crippen LogP contribution in [0.3, 0.4) is 0 Å². The highest BCUT2D eigenvalue weighted by molar-refractivity contribution is 14.0. The van der Waals surface area contributed by atoms with Gasteiger partial charge in [0.15, 0.2) is 5.96 Å². The summed E-state index contributed by atoms with van der Waals surface area (Å²) in [4.78, 5) is 6.59. The molecule has 2 fully saturated rings. The zero-order valence-electron chi connectivity index (χ0n) is 14.6. The third-order valence-electron chi connectivity index (χ3n) is 4.40. The highest BCUT2D eigenvalue weighted by Gasteiger charge is 2.14. The van der Waals surface area contributed by atoms with Crippen LogP contribution in [-0.2, 0) is 27.4 Å². The quantitative estimate of drug-likeness (QED) is 0.414. The summed E-state index contributed by atoms with van der Waals surface area (Å²) >= 11 is 0. The molecule has 1 aromatic carbocycles. The lowest BCUT2D eigenvalue weighted by Crippen LogP contribution is -2.44. The second-order valence-corrected chi connectivity index (χ2v) is 6.22. The van der Waals surface area contributed by atoms with Crippen molar-refractivity contribution < 1.29 is 14.2 Å². The molecule has 25 heavy (non-hydrogen) atoms. The van der Waals surface area contributed by atoms with Crippen LogP contribution in [0, 0.1) is 0 Å². The van der Waals surface area contributed by atoms with Crippen molar-refractivity contribution >= 4 is 29.9 Å². The number of morpholine rings is 1. The molecule has 0 spiro atoms. The first-order valence-corrected chi connectivity index (χ1v) is 8.71. The van der Waals surface area contributed by atoms with Crippen molar-refractivity contribution in [2.24, 2.45) is 10.7 Å². The van der Waals surface area contributed by atoms with E-state index in [1.807, 2.05) is 0 Å². The molecular weight excluding hydrogens is 433 g/mol. The molecule has 0 unspecified atom stereocenters. The fourth-order valence-corrected chi connectivity index (χ4v) is 2.94. The Balaban J connectivity index is 0.00000225. The van der Waals surface area contributed by atoms with Gasteiger partial charge in [-0.15, -0.1) is 24.0 Å². The van der Waals surface area contributed by atoms with Crippen LogP contribution in [0.25, 0.3) is 0 Å². The van der Waals surface area contributed by atoms with Gasteiger partial charge in [-0.3, -0.25) is 0 Å². The maximum absolute atomic E-state index is 6.07. The Labute approximate surface area is 166 Å². The first-order chi connectivity index (χ1) is 11.8. The second-order valence-electron chi connectivity index (χ2n) is 6.22. The second kappa shape index (κ2) is 10.9. The average molecular weight is 461 g/mol. The monoisotopic (exact) mass is 461 g/mol. The molecule has 3 rings (SSSR count). The van der Waals surface area contributed by atoms with Gasteiger partial charge in [-0.2, -0.15) is 0 Å². The van der Waals surface area contributed by atoms with E-state index in [4.69, 9.17) is 19.9 Å². The lowest BCUT2D eigenvalue weighted by atomic mass is 10.1. The number of rotatable bonds is 5. The summed E-state index contributed by atoms with van der Waals surface area (Å²) in [7, 11) is 0. The van der Waals surface area contributed by atoms with E-state index >= 15 is 0 Å². The molecule has 0 atom stereocenters. The normalized spacial score (nSPS) is 19.5. The van der Waals surface area contributed by atoms with Gasteiger partial charge in [0, 0.05) is 26.3 Å². The molecule has 2 N–H and O–H groups in total. The summed E-state index contributed by atoms with van der Waals surface area (Å²) in [6, 6.07) is 8.37. The van der Waals surface area contributed by atoms with Crippen molar-refractivity contribution in [2.45, 2.75) is 32.1 Å². The van der Waals surface area contributed by atoms with E-state index in [0.717, 1.165) is 57.9 Å². The Morgan fingerprint density at radius 1 is 1.12 bits per heavy atom. The number of nitrogens with two attached hydrogens (primary N) is 1. The minimum atomic E-state index is 0. The highest BCUT2D eigenvalue weighted by atomic mass is 127. The molecule has 2 heterocycles. The average Bonchev–Trinajstić information content (AvgIpc) is 2.66. The van der Waals surface area contributed by atoms with Crippen molar-refractivity contribution in [1.29, 1.82) is 0 Å². The predicted molar refractivity (Wildman–Crippen MR) is 108 cm³/mol. The molecule has 2 aliphatic heterocycles. The van der Waals surface area contributed by atoms with Gasteiger partial charge in [-0.05, 0) is 24.0 Å². The fourth-order valence-electron chi connectivity index (χ4n) is 2.94. The minimum absolute atomic E-state index is 0. The molecule has 2 aliphatic rings. The van der Waals surface area contributed by atoms with Crippen LogP contribution in [-0.4, -0.2) is 56.5 Å². The summed E-state index contributed by atoms with van der Waals surface area (Å²) in [5.41, 5.74) is 8.41. The fraction of sp³-hybridized carbons (Fsp3) is 0.611. The number of ether oxygens (including phenoxy) is 3. The van der Waals surface area contributed by atoms with Crippen LogP contribution in [0.4, 0.5) is 0 Å². The maximum atomic E-state index is 6.07. The van der Waals surface area contributed by atoms with Gasteiger partial charge in [0.05, 0.1) is 32.5 Å². The SMILES string of the molecule is I.NC(=NCc1cccc(COC2CCOCC2)c1)N1CCOCC1. The molecule has 140 valence electrons. The molecule has 0 radical (unpaired) electrons. The smallest absolute Gasteiger partial charge is 0.191 e. The number of nitrogens with zero attached hydrogens (tertiary/aromatic N) is 2. The van der Waals surface area contributed by atoms with Crippen LogP contribution in [0.1, 0.15) is 24.0 Å². The van der Waals surface area contributed by atoms with Crippen molar-refractivity contribution in [1.82, 2.24) is 4.90 Å². The van der Waals surface area contributed by atoms with E-state index in [-0.39, 0.29) is 24.0 Å². The third-order valence-corrected chi connectivity index (χ3v) is 4.40. The lowest BCUT2D eigenvalue weighted by Gasteiger charge is -2.27. The van der Waals surface area contributed by atoms with Crippen LogP contribution in [0.15, 0.2) is 29.3 Å². The van der Waals surface area contributed by atoms with Crippen molar-refractivity contribution in [3.05, 3.63) is 35.4 Å². The van der Waals surface area contributed by atoms with Gasteiger partial charge in [-0.25, -0.2) is 4.99 Å². The molecule has 0 bridgehead atoms. The van der Waals surface area contributed by atoms with E-state index in [9.17, 15) is 0 Å². The maximum Gasteiger partial charge on any atom is 0.191 e. The Morgan fingerprint density at radius 2 is 1.80 bits per heavy atom. The molecule has 0 amide bonds. The molecule has 2 saturated heterocycles. The van der Waals surface area contributed by atoms with E-state index in [1.54, 1.807) is 0 Å². The molecule has 0 aliphatic carbocycles. The molecular formula is C18H28IN3O3. The van der Waals surface area contributed by atoms with Gasteiger partial charge >= 0.3 is 0 Å². The van der Waals surface area contributed by atoms with Crippen LogP contribution in [0.2, 0.25) is 0 Å². The number of guanidine groups is 1. The van der Waals surface area contributed by atoms with Gasteiger partial charge in [0.1, 0.15) is 0 Å². The lowest BCUT2D eigenvalue weighted by molar-refractivity contribution is -0.0390. The summed E-state index contributed by atoms with van der Waals surface area (Å²) in [5, 5.41) is 0.